The van der Waals surface area contributed by atoms with Gasteiger partial charge in [0.25, 0.3) is 0 Å². The van der Waals surface area contributed by atoms with Gasteiger partial charge in [-0.2, -0.15) is 0 Å². The number of hydrogen-bond acceptors (Lipinski definition) is 2. The van der Waals surface area contributed by atoms with E-state index in [1.165, 1.54) is 17.5 Å². The molecule has 3 heteroatoms. The highest BCUT2D eigenvalue weighted by atomic mass is 35.5. The Balaban J connectivity index is 1.60. The van der Waals surface area contributed by atoms with Crippen LogP contribution in [0.1, 0.15) is 36.8 Å². The number of rotatable bonds is 2. The van der Waals surface area contributed by atoms with Crippen LogP contribution in [0.4, 0.5) is 0 Å². The molecule has 2 nitrogen and oxygen atoms in total. The highest BCUT2D eigenvalue weighted by Gasteiger charge is 2.26. The maximum atomic E-state index is 9.71. The zero-order chi connectivity index (χ0) is 12.5. The number of halogens is 1. The lowest BCUT2D eigenvalue weighted by Crippen LogP contribution is -2.42. The Hall–Kier alpha value is -0.570. The Kier molecular flexibility index (Phi) is 3.60. The molecule has 0 spiro atoms. The molecule has 3 unspecified atom stereocenters. The molecule has 98 valence electrons. The van der Waals surface area contributed by atoms with Crippen molar-refractivity contribution in [2.45, 2.75) is 56.7 Å². The summed E-state index contributed by atoms with van der Waals surface area (Å²) in [5.41, 5.74) is 2.81. The average Bonchev–Trinajstić information content (AvgIpc) is 2.70. The van der Waals surface area contributed by atoms with Crippen LogP contribution >= 0.6 is 11.6 Å². The molecule has 0 bridgehead atoms. The van der Waals surface area contributed by atoms with Crippen molar-refractivity contribution in [3.63, 3.8) is 0 Å². The fraction of sp³-hybridized carbons (Fsp3) is 0.600. The molecule has 1 saturated carbocycles. The Morgan fingerprint density at radius 1 is 1.11 bits per heavy atom. The van der Waals surface area contributed by atoms with E-state index in [2.05, 4.69) is 17.4 Å². The van der Waals surface area contributed by atoms with Crippen molar-refractivity contribution in [2.75, 3.05) is 0 Å². The lowest BCUT2D eigenvalue weighted by molar-refractivity contribution is 0.109. The molecule has 0 aliphatic heterocycles. The molecule has 2 N–H and O–H groups in total. The fourth-order valence-corrected chi connectivity index (χ4v) is 3.55. The SMILES string of the molecule is OC1CCCC(NC2Cc3ccc(Cl)cc3C2)C1. The summed E-state index contributed by atoms with van der Waals surface area (Å²) in [5.74, 6) is 0. The van der Waals surface area contributed by atoms with E-state index >= 15 is 0 Å². The largest absolute Gasteiger partial charge is 0.393 e. The van der Waals surface area contributed by atoms with Crippen molar-refractivity contribution in [3.05, 3.63) is 34.3 Å². The van der Waals surface area contributed by atoms with Gasteiger partial charge in [-0.1, -0.05) is 17.7 Å². The Labute approximate surface area is 113 Å². The highest BCUT2D eigenvalue weighted by Crippen LogP contribution is 2.27. The van der Waals surface area contributed by atoms with Crippen LogP contribution in [0.15, 0.2) is 18.2 Å². The molecule has 18 heavy (non-hydrogen) atoms. The molecule has 3 atom stereocenters. The van der Waals surface area contributed by atoms with Crippen LogP contribution in [0.5, 0.6) is 0 Å². The standard InChI is InChI=1S/C15H20ClNO/c16-12-5-4-10-7-14(8-11(10)6-12)17-13-2-1-3-15(18)9-13/h4-6,13-15,17-18H,1-3,7-9H2. The first-order valence-electron chi connectivity index (χ1n) is 6.92. The van der Waals surface area contributed by atoms with Gasteiger partial charge in [-0.25, -0.2) is 0 Å². The van der Waals surface area contributed by atoms with E-state index in [0.29, 0.717) is 12.1 Å². The van der Waals surface area contributed by atoms with E-state index in [1.54, 1.807) is 0 Å². The number of nitrogens with one attached hydrogen (secondary N) is 1. The van der Waals surface area contributed by atoms with E-state index < -0.39 is 0 Å². The Morgan fingerprint density at radius 2 is 1.94 bits per heavy atom. The molecule has 0 aromatic heterocycles. The zero-order valence-corrected chi connectivity index (χ0v) is 11.3. The highest BCUT2D eigenvalue weighted by molar-refractivity contribution is 6.30. The fourth-order valence-electron chi connectivity index (χ4n) is 3.35. The third-order valence-corrected chi connectivity index (χ3v) is 4.45. The van der Waals surface area contributed by atoms with E-state index in [1.807, 2.05) is 6.07 Å². The normalized spacial score (nSPS) is 31.3. The topological polar surface area (TPSA) is 32.3 Å². The molecule has 1 fully saturated rings. The van der Waals surface area contributed by atoms with Gasteiger partial charge < -0.3 is 10.4 Å². The summed E-state index contributed by atoms with van der Waals surface area (Å²) in [6.45, 7) is 0. The number of benzene rings is 1. The second-order valence-corrected chi connectivity index (χ2v) is 6.14. The lowest BCUT2D eigenvalue weighted by Gasteiger charge is -2.29. The third kappa shape index (κ3) is 2.71. The third-order valence-electron chi connectivity index (χ3n) is 4.22. The van der Waals surface area contributed by atoms with Crippen molar-refractivity contribution >= 4 is 11.6 Å². The molecule has 1 aromatic rings. The van der Waals surface area contributed by atoms with Crippen molar-refractivity contribution in [1.82, 2.24) is 5.32 Å². The molecular formula is C15H20ClNO. The van der Waals surface area contributed by atoms with Gasteiger partial charge in [0.05, 0.1) is 6.10 Å². The van der Waals surface area contributed by atoms with Crippen molar-refractivity contribution in [1.29, 1.82) is 0 Å². The first-order chi connectivity index (χ1) is 8.70. The van der Waals surface area contributed by atoms with E-state index in [9.17, 15) is 5.11 Å². The number of aliphatic hydroxyl groups excluding tert-OH is 1. The first kappa shape index (κ1) is 12.5. The summed E-state index contributed by atoms with van der Waals surface area (Å²) in [6, 6.07) is 7.23. The van der Waals surface area contributed by atoms with Crippen LogP contribution in [0.25, 0.3) is 0 Å². The molecule has 1 aromatic carbocycles. The van der Waals surface area contributed by atoms with Crippen LogP contribution in [0.2, 0.25) is 5.02 Å². The quantitative estimate of drug-likeness (QED) is 0.862. The summed E-state index contributed by atoms with van der Waals surface area (Å²) in [7, 11) is 0. The van der Waals surface area contributed by atoms with E-state index in [4.69, 9.17) is 11.6 Å². The lowest BCUT2D eigenvalue weighted by atomic mass is 9.92. The molecular weight excluding hydrogens is 246 g/mol. The number of hydrogen-bond donors (Lipinski definition) is 2. The van der Waals surface area contributed by atoms with Gasteiger partial charge in [0.15, 0.2) is 0 Å². The Bertz CT molecular complexity index is 435. The smallest absolute Gasteiger partial charge is 0.0555 e. The van der Waals surface area contributed by atoms with Gasteiger partial charge in [0, 0.05) is 17.1 Å². The second-order valence-electron chi connectivity index (χ2n) is 5.70. The monoisotopic (exact) mass is 265 g/mol. The van der Waals surface area contributed by atoms with Crippen LogP contribution < -0.4 is 5.32 Å². The molecule has 0 heterocycles. The van der Waals surface area contributed by atoms with Crippen LogP contribution in [-0.2, 0) is 12.8 Å². The van der Waals surface area contributed by atoms with E-state index in [-0.39, 0.29) is 6.10 Å². The molecule has 2 aliphatic carbocycles. The minimum Gasteiger partial charge on any atom is -0.393 e. The number of fused-ring (bicyclic) bond motifs is 1. The molecule has 2 aliphatic rings. The van der Waals surface area contributed by atoms with Crippen LogP contribution in [-0.4, -0.2) is 23.3 Å². The van der Waals surface area contributed by atoms with Gasteiger partial charge in [-0.3, -0.25) is 0 Å². The average molecular weight is 266 g/mol. The van der Waals surface area contributed by atoms with E-state index in [0.717, 1.165) is 37.1 Å². The Morgan fingerprint density at radius 3 is 2.78 bits per heavy atom. The van der Waals surface area contributed by atoms with Crippen molar-refractivity contribution in [3.8, 4) is 0 Å². The van der Waals surface area contributed by atoms with Gasteiger partial charge >= 0.3 is 0 Å². The second kappa shape index (κ2) is 5.20. The zero-order valence-electron chi connectivity index (χ0n) is 10.5. The summed E-state index contributed by atoms with van der Waals surface area (Å²) in [5, 5.41) is 14.3. The first-order valence-corrected chi connectivity index (χ1v) is 7.30. The van der Waals surface area contributed by atoms with Gasteiger partial charge in [-0.05, 0) is 61.8 Å². The molecule has 0 radical (unpaired) electrons. The van der Waals surface area contributed by atoms with Crippen molar-refractivity contribution in [2.24, 2.45) is 0 Å². The minimum absolute atomic E-state index is 0.102. The van der Waals surface area contributed by atoms with Gasteiger partial charge in [0.2, 0.25) is 0 Å². The van der Waals surface area contributed by atoms with Gasteiger partial charge in [0.1, 0.15) is 0 Å². The number of aliphatic hydroxyl groups is 1. The minimum atomic E-state index is -0.102. The summed E-state index contributed by atoms with van der Waals surface area (Å²) < 4.78 is 0. The molecule has 0 amide bonds. The predicted octanol–water partition coefficient (Wildman–Crippen LogP) is 2.70. The molecule has 3 rings (SSSR count). The summed E-state index contributed by atoms with van der Waals surface area (Å²) in [4.78, 5) is 0. The summed E-state index contributed by atoms with van der Waals surface area (Å²) in [6.07, 6.45) is 6.29. The predicted molar refractivity (Wildman–Crippen MR) is 74.0 cm³/mol. The molecule has 0 saturated heterocycles. The van der Waals surface area contributed by atoms with Crippen LogP contribution in [0.3, 0.4) is 0 Å². The maximum absolute atomic E-state index is 9.71. The van der Waals surface area contributed by atoms with Crippen molar-refractivity contribution < 1.29 is 5.11 Å². The van der Waals surface area contributed by atoms with Gasteiger partial charge in [-0.15, -0.1) is 0 Å². The maximum Gasteiger partial charge on any atom is 0.0555 e. The summed E-state index contributed by atoms with van der Waals surface area (Å²) >= 11 is 6.03. The van der Waals surface area contributed by atoms with Crippen LogP contribution in [0, 0.1) is 0 Å².